The molecule has 0 saturated carbocycles. The summed E-state index contributed by atoms with van der Waals surface area (Å²) in [6.45, 7) is 2.08. The van der Waals surface area contributed by atoms with E-state index in [0.717, 1.165) is 44.9 Å². The monoisotopic (exact) mass is 367 g/mol. The Hall–Kier alpha value is -3.66. The zero-order chi connectivity index (χ0) is 19.1. The van der Waals surface area contributed by atoms with E-state index in [2.05, 4.69) is 77.5 Å². The van der Waals surface area contributed by atoms with Crippen LogP contribution in [-0.2, 0) is 0 Å². The summed E-state index contributed by atoms with van der Waals surface area (Å²) in [6, 6.07) is 22.6. The topological polar surface area (TPSA) is 38.3 Å². The summed E-state index contributed by atoms with van der Waals surface area (Å²) < 4.78 is 13.1. The van der Waals surface area contributed by atoms with E-state index >= 15 is 0 Å². The lowest BCUT2D eigenvalue weighted by Crippen LogP contribution is -2.19. The molecule has 1 aliphatic rings. The highest BCUT2D eigenvalue weighted by molar-refractivity contribution is 6.10. The van der Waals surface area contributed by atoms with Crippen molar-refractivity contribution in [2.24, 2.45) is 0 Å². The van der Waals surface area contributed by atoms with Gasteiger partial charge in [-0.15, -0.1) is 0 Å². The molecule has 0 radical (unpaired) electrons. The van der Waals surface area contributed by atoms with E-state index in [1.807, 2.05) is 18.2 Å². The molecule has 0 amide bonds. The molecule has 0 spiro atoms. The number of nitrogens with zero attached hydrogens (tertiary/aromatic N) is 2. The third-order valence-electron chi connectivity index (χ3n) is 5.08. The van der Waals surface area contributed by atoms with Gasteiger partial charge in [0.2, 0.25) is 11.4 Å². The van der Waals surface area contributed by atoms with Crippen molar-refractivity contribution in [2.75, 3.05) is 7.11 Å². The number of aryl methyl sites for hydroxylation is 1. The Kier molecular flexibility index (Phi) is 3.83. The summed E-state index contributed by atoms with van der Waals surface area (Å²) in [5.41, 5.74) is 6.48. The van der Waals surface area contributed by atoms with Crippen LogP contribution in [0.15, 0.2) is 83.5 Å². The van der Waals surface area contributed by atoms with Crippen LogP contribution in [0.1, 0.15) is 11.1 Å². The van der Waals surface area contributed by atoms with Crippen molar-refractivity contribution in [2.45, 2.75) is 6.92 Å². The second-order valence-corrected chi connectivity index (χ2v) is 6.88. The van der Waals surface area contributed by atoms with Gasteiger partial charge in [-0.3, -0.25) is 0 Å². The predicted octanol–water partition coefficient (Wildman–Crippen LogP) is 5.47. The van der Waals surface area contributed by atoms with Gasteiger partial charge in [-0.05, 0) is 37.3 Å². The van der Waals surface area contributed by atoms with Gasteiger partial charge in [0.15, 0.2) is 12.0 Å². The molecule has 1 aromatic heterocycles. The summed E-state index contributed by atoms with van der Waals surface area (Å²) in [6.07, 6.45) is 4.18. The maximum Gasteiger partial charge on any atom is 0.224 e. The van der Waals surface area contributed by atoms with E-state index in [4.69, 9.17) is 9.26 Å². The predicted molar refractivity (Wildman–Crippen MR) is 110 cm³/mol. The van der Waals surface area contributed by atoms with Gasteiger partial charge < -0.3 is 9.26 Å². The molecule has 0 N–H and O–H groups in total. The van der Waals surface area contributed by atoms with Crippen molar-refractivity contribution in [3.8, 4) is 17.1 Å². The molecule has 1 aliphatic heterocycles. The zero-order valence-corrected chi connectivity index (χ0v) is 15.7. The van der Waals surface area contributed by atoms with Crippen LogP contribution >= 0.6 is 0 Å². The number of hydrogen-bond acceptors (Lipinski definition) is 3. The van der Waals surface area contributed by atoms with Crippen molar-refractivity contribution < 1.29 is 13.8 Å². The van der Waals surface area contributed by atoms with Crippen molar-refractivity contribution in [1.29, 1.82) is 0 Å². The lowest BCUT2D eigenvalue weighted by Gasteiger charge is -2.10. The molecule has 0 bridgehead atoms. The van der Waals surface area contributed by atoms with Crippen LogP contribution in [0.25, 0.3) is 22.2 Å². The number of allylic oxidation sites excluding steroid dienone is 1. The van der Waals surface area contributed by atoms with Gasteiger partial charge in [-0.2, -0.15) is 4.58 Å². The van der Waals surface area contributed by atoms with Crippen molar-refractivity contribution >= 4 is 22.3 Å². The Labute approximate surface area is 163 Å². The number of hydrogen-bond donors (Lipinski definition) is 0. The Bertz CT molecular complexity index is 1230. The van der Waals surface area contributed by atoms with Crippen molar-refractivity contribution in [1.82, 2.24) is 5.16 Å². The first-order valence-electron chi connectivity index (χ1n) is 9.18. The minimum Gasteiger partial charge on any atom is -0.497 e. The molecular formula is C24H19N2O2+. The van der Waals surface area contributed by atoms with Gasteiger partial charge in [-0.1, -0.05) is 35.0 Å². The summed E-state index contributed by atoms with van der Waals surface area (Å²) in [5, 5.41) is 5.25. The smallest absolute Gasteiger partial charge is 0.224 e. The number of methoxy groups -OCH3 is 1. The SMILES string of the molecule is COc1ccc([N+]2=C(c3ccc4noc(-c5ccc(C)cc5)c4c3)C=C2)cc1. The average molecular weight is 367 g/mol. The van der Waals surface area contributed by atoms with E-state index in [-0.39, 0.29) is 0 Å². The fraction of sp³-hybridized carbons (Fsp3) is 0.0833. The van der Waals surface area contributed by atoms with Gasteiger partial charge in [0, 0.05) is 23.3 Å². The lowest BCUT2D eigenvalue weighted by atomic mass is 10.0. The third kappa shape index (κ3) is 2.70. The Morgan fingerprint density at radius 1 is 0.893 bits per heavy atom. The maximum atomic E-state index is 5.66. The van der Waals surface area contributed by atoms with Gasteiger partial charge in [0.25, 0.3) is 0 Å². The zero-order valence-electron chi connectivity index (χ0n) is 15.7. The number of benzene rings is 3. The van der Waals surface area contributed by atoms with Gasteiger partial charge in [0.05, 0.1) is 18.6 Å². The number of rotatable bonds is 4. The van der Waals surface area contributed by atoms with Crippen LogP contribution < -0.4 is 4.74 Å². The van der Waals surface area contributed by atoms with E-state index < -0.39 is 0 Å². The third-order valence-corrected chi connectivity index (χ3v) is 5.08. The average Bonchev–Trinajstić information content (AvgIpc) is 3.12. The van der Waals surface area contributed by atoms with Crippen LogP contribution in [0.2, 0.25) is 0 Å². The number of aromatic nitrogens is 1. The van der Waals surface area contributed by atoms with E-state index in [1.165, 1.54) is 5.56 Å². The normalized spacial score (nSPS) is 13.1. The molecular weight excluding hydrogens is 348 g/mol. The van der Waals surface area contributed by atoms with Crippen molar-refractivity contribution in [3.05, 3.63) is 90.1 Å². The fourth-order valence-corrected chi connectivity index (χ4v) is 3.44. The van der Waals surface area contributed by atoms with Gasteiger partial charge in [-0.25, -0.2) is 0 Å². The largest absolute Gasteiger partial charge is 0.497 e. The van der Waals surface area contributed by atoms with Crippen LogP contribution in [0.4, 0.5) is 5.69 Å². The molecule has 2 heterocycles. The minimum atomic E-state index is 0.803. The second kappa shape index (κ2) is 6.50. The van der Waals surface area contributed by atoms with E-state index in [9.17, 15) is 0 Å². The van der Waals surface area contributed by atoms with Crippen molar-refractivity contribution in [3.63, 3.8) is 0 Å². The minimum absolute atomic E-state index is 0.803. The summed E-state index contributed by atoms with van der Waals surface area (Å²) in [4.78, 5) is 0. The summed E-state index contributed by atoms with van der Waals surface area (Å²) in [7, 11) is 1.68. The van der Waals surface area contributed by atoms with Crippen LogP contribution in [-0.4, -0.2) is 22.6 Å². The number of ether oxygens (including phenoxy) is 1. The molecule has 0 atom stereocenters. The Morgan fingerprint density at radius 2 is 1.64 bits per heavy atom. The maximum absolute atomic E-state index is 5.66. The highest BCUT2D eigenvalue weighted by Crippen LogP contribution is 2.31. The molecule has 4 aromatic rings. The Balaban J connectivity index is 1.57. The molecule has 28 heavy (non-hydrogen) atoms. The summed E-state index contributed by atoms with van der Waals surface area (Å²) >= 11 is 0. The van der Waals surface area contributed by atoms with Crippen LogP contribution in [0, 0.1) is 6.92 Å². The second-order valence-electron chi connectivity index (χ2n) is 6.88. The number of fused-ring (bicyclic) bond motifs is 1. The molecule has 136 valence electrons. The van der Waals surface area contributed by atoms with Crippen LogP contribution in [0.3, 0.4) is 0 Å². The molecule has 4 heteroatoms. The molecule has 0 unspecified atom stereocenters. The Morgan fingerprint density at radius 3 is 2.32 bits per heavy atom. The lowest BCUT2D eigenvalue weighted by molar-refractivity contribution is -0.370. The van der Waals surface area contributed by atoms with Crippen LogP contribution in [0.5, 0.6) is 5.75 Å². The highest BCUT2D eigenvalue weighted by atomic mass is 16.5. The van der Waals surface area contributed by atoms with E-state index in [0.29, 0.717) is 0 Å². The molecule has 3 aromatic carbocycles. The first-order chi connectivity index (χ1) is 13.7. The van der Waals surface area contributed by atoms with Gasteiger partial charge in [0.1, 0.15) is 11.3 Å². The molecule has 4 nitrogen and oxygen atoms in total. The van der Waals surface area contributed by atoms with Gasteiger partial charge >= 0.3 is 0 Å². The molecule has 5 rings (SSSR count). The first kappa shape index (κ1) is 16.5. The highest BCUT2D eigenvalue weighted by Gasteiger charge is 2.25. The van der Waals surface area contributed by atoms with E-state index in [1.54, 1.807) is 7.11 Å². The quantitative estimate of drug-likeness (QED) is 0.449. The standard InChI is InChI=1S/C24H19N2O2/c1-16-3-5-17(6-4-16)24-21-15-18(7-12-22(21)25-28-24)23-13-14-26(23)19-8-10-20(27-2)11-9-19/h3-15H,1-2H3/q+1. The molecule has 0 aliphatic carbocycles. The fourth-order valence-electron chi connectivity index (χ4n) is 3.44. The first-order valence-corrected chi connectivity index (χ1v) is 9.18. The molecule has 0 saturated heterocycles. The molecule has 0 fully saturated rings. The summed E-state index contributed by atoms with van der Waals surface area (Å²) in [5.74, 6) is 1.65.